The SMILES string of the molecule is CC(C)Oc1cc2nc([C@H]3CC[C@H](CN4CCC(c5ccc6c(c5)n(C)c(=O)n6C5CCC(=O)NC5=O)CC4)CC3)cn2cc1C(=O)Nc1cnn2cccnc12. The highest BCUT2D eigenvalue weighted by atomic mass is 16.5. The van der Waals surface area contributed by atoms with E-state index in [9.17, 15) is 19.2 Å². The summed E-state index contributed by atoms with van der Waals surface area (Å²) in [5.41, 5.74) is 5.85. The van der Waals surface area contributed by atoms with Crippen LogP contribution < -0.4 is 21.1 Å². The van der Waals surface area contributed by atoms with E-state index < -0.39 is 11.9 Å². The molecule has 2 saturated heterocycles. The molecule has 0 spiro atoms. The van der Waals surface area contributed by atoms with Crippen LogP contribution in [0.15, 0.2) is 66.1 Å². The molecule has 15 heteroatoms. The Hall–Kier alpha value is -5.83. The van der Waals surface area contributed by atoms with Crippen LogP contribution in [-0.4, -0.2) is 81.5 Å². The number of likely N-dealkylation sites (tertiary alicyclic amines) is 1. The van der Waals surface area contributed by atoms with E-state index in [-0.39, 0.29) is 30.0 Å². The normalized spacial score (nSPS) is 21.2. The number of hydrogen-bond donors (Lipinski definition) is 2. The van der Waals surface area contributed by atoms with E-state index in [0.717, 1.165) is 80.5 Å². The zero-order valence-corrected chi connectivity index (χ0v) is 32.6. The summed E-state index contributed by atoms with van der Waals surface area (Å²) in [4.78, 5) is 63.2. The average Bonchev–Trinajstić information content (AvgIpc) is 3.88. The molecular formula is C42H48N10O5. The number of hydrogen-bond acceptors (Lipinski definition) is 9. The van der Waals surface area contributed by atoms with Gasteiger partial charge in [-0.2, -0.15) is 5.10 Å². The lowest BCUT2D eigenvalue weighted by atomic mass is 9.80. The van der Waals surface area contributed by atoms with Crippen molar-refractivity contribution in [1.29, 1.82) is 0 Å². The molecule has 57 heavy (non-hydrogen) atoms. The number of imidazole rings is 2. The predicted octanol–water partition coefficient (Wildman–Crippen LogP) is 5.20. The molecule has 2 N–H and O–H groups in total. The fourth-order valence-electron chi connectivity index (χ4n) is 9.18. The molecule has 1 atom stereocenters. The average molecular weight is 773 g/mol. The van der Waals surface area contributed by atoms with E-state index in [4.69, 9.17) is 9.72 Å². The first-order valence-electron chi connectivity index (χ1n) is 20.2. The van der Waals surface area contributed by atoms with E-state index in [2.05, 4.69) is 43.9 Å². The van der Waals surface area contributed by atoms with Crippen LogP contribution in [0, 0.1) is 5.92 Å². The molecule has 3 amide bonds. The number of aromatic nitrogens is 7. The van der Waals surface area contributed by atoms with Crippen molar-refractivity contribution in [3.8, 4) is 5.75 Å². The first kappa shape index (κ1) is 36.8. The van der Waals surface area contributed by atoms with Gasteiger partial charge in [-0.3, -0.25) is 28.8 Å². The fraction of sp³-hybridized carbons (Fsp3) is 0.452. The largest absolute Gasteiger partial charge is 0.490 e. The predicted molar refractivity (Wildman–Crippen MR) is 214 cm³/mol. The van der Waals surface area contributed by atoms with Crippen LogP contribution in [0.3, 0.4) is 0 Å². The number of nitrogens with one attached hydrogen (secondary N) is 2. The summed E-state index contributed by atoms with van der Waals surface area (Å²) in [6, 6.07) is 9.17. The molecular weight excluding hydrogens is 725 g/mol. The van der Waals surface area contributed by atoms with Crippen LogP contribution in [0.25, 0.3) is 22.3 Å². The Balaban J connectivity index is 0.815. The molecule has 5 aromatic heterocycles. The van der Waals surface area contributed by atoms with Crippen molar-refractivity contribution in [2.75, 3.05) is 25.0 Å². The van der Waals surface area contributed by atoms with Gasteiger partial charge in [0.15, 0.2) is 5.65 Å². The standard InChI is InChI=1S/C42H48N10O5/c1-25(2)57-36-20-37-45-32(24-50(37)23-30(36)40(54)46-31-21-44-51-16-4-15-43-39(31)51)28-7-5-26(6-8-28)22-49-17-13-27(14-18-49)29-9-10-33-35(19-29)48(3)42(56)52(33)34-11-12-38(53)47-41(34)55/h4,9-10,15-16,19-21,23-28,34H,5-8,11-14,17-18,22H2,1-3H3,(H,46,54)(H,47,53,55)/t26-,28-,34?. The Morgan fingerprint density at radius 2 is 1.79 bits per heavy atom. The van der Waals surface area contributed by atoms with Crippen molar-refractivity contribution < 1.29 is 19.1 Å². The first-order valence-corrected chi connectivity index (χ1v) is 20.2. The van der Waals surface area contributed by atoms with Crippen LogP contribution in [0.5, 0.6) is 5.75 Å². The Bertz CT molecular complexity index is 2570. The molecule has 0 bridgehead atoms. The smallest absolute Gasteiger partial charge is 0.329 e. The van der Waals surface area contributed by atoms with Gasteiger partial charge in [0.2, 0.25) is 11.8 Å². The molecule has 1 aromatic carbocycles. The summed E-state index contributed by atoms with van der Waals surface area (Å²) in [7, 11) is 1.75. The van der Waals surface area contributed by atoms with E-state index in [1.165, 1.54) is 5.56 Å². The van der Waals surface area contributed by atoms with Crippen LogP contribution >= 0.6 is 0 Å². The minimum atomic E-state index is -0.678. The molecule has 0 radical (unpaired) electrons. The van der Waals surface area contributed by atoms with E-state index in [1.807, 2.05) is 36.6 Å². The van der Waals surface area contributed by atoms with Crippen LogP contribution in [0.2, 0.25) is 0 Å². The van der Waals surface area contributed by atoms with Gasteiger partial charge in [-0.05, 0) is 107 Å². The van der Waals surface area contributed by atoms with Crippen LogP contribution in [0.4, 0.5) is 5.69 Å². The maximum Gasteiger partial charge on any atom is 0.329 e. The van der Waals surface area contributed by atoms with E-state index in [0.29, 0.717) is 46.8 Å². The van der Waals surface area contributed by atoms with Gasteiger partial charge >= 0.3 is 5.69 Å². The van der Waals surface area contributed by atoms with Crippen molar-refractivity contribution in [2.45, 2.75) is 89.2 Å². The van der Waals surface area contributed by atoms with Crippen molar-refractivity contribution in [3.63, 3.8) is 0 Å². The number of carbonyl (C=O) groups excluding carboxylic acids is 3. The number of carbonyl (C=O) groups is 3. The number of benzene rings is 1. The quantitative estimate of drug-likeness (QED) is 0.188. The first-order chi connectivity index (χ1) is 27.6. The van der Waals surface area contributed by atoms with Crippen molar-refractivity contribution in [1.82, 2.24) is 43.3 Å². The number of imide groups is 1. The van der Waals surface area contributed by atoms with Gasteiger partial charge in [-0.1, -0.05) is 6.07 Å². The second kappa shape index (κ2) is 14.9. The number of anilines is 1. The summed E-state index contributed by atoms with van der Waals surface area (Å²) in [5.74, 6) is 0.888. The van der Waals surface area contributed by atoms with Gasteiger partial charge < -0.3 is 19.4 Å². The Morgan fingerprint density at radius 1 is 0.982 bits per heavy atom. The van der Waals surface area contributed by atoms with Gasteiger partial charge in [0.05, 0.1) is 34.6 Å². The highest BCUT2D eigenvalue weighted by Crippen LogP contribution is 2.38. The molecule has 15 nitrogen and oxygen atoms in total. The molecule has 1 unspecified atom stereocenters. The van der Waals surface area contributed by atoms with Crippen molar-refractivity contribution in [3.05, 3.63) is 88.6 Å². The number of ether oxygens (including phenoxy) is 1. The lowest BCUT2D eigenvalue weighted by molar-refractivity contribution is -0.135. The topological polar surface area (TPSA) is 162 Å². The third kappa shape index (κ3) is 7.09. The zero-order valence-electron chi connectivity index (χ0n) is 32.6. The summed E-state index contributed by atoms with van der Waals surface area (Å²) in [6.45, 7) is 7.06. The van der Waals surface area contributed by atoms with Crippen molar-refractivity contribution in [2.24, 2.45) is 13.0 Å². The monoisotopic (exact) mass is 772 g/mol. The zero-order chi connectivity index (χ0) is 39.4. The minimum Gasteiger partial charge on any atom is -0.490 e. The highest BCUT2D eigenvalue weighted by molar-refractivity contribution is 6.07. The summed E-state index contributed by atoms with van der Waals surface area (Å²) >= 11 is 0. The van der Waals surface area contributed by atoms with Gasteiger partial charge in [0.25, 0.3) is 5.91 Å². The number of piperidine rings is 2. The third-order valence-electron chi connectivity index (χ3n) is 12.2. The van der Waals surface area contributed by atoms with Crippen LogP contribution in [-0.2, 0) is 16.6 Å². The molecule has 1 saturated carbocycles. The van der Waals surface area contributed by atoms with Crippen LogP contribution in [0.1, 0.15) is 105 Å². The summed E-state index contributed by atoms with van der Waals surface area (Å²) in [6.07, 6.45) is 15.9. The van der Waals surface area contributed by atoms with E-state index >= 15 is 0 Å². The number of pyridine rings is 1. The number of rotatable bonds is 9. The number of fused-ring (bicyclic) bond motifs is 3. The molecule has 9 rings (SSSR count). The van der Waals surface area contributed by atoms with Gasteiger partial charge in [-0.25, -0.2) is 19.3 Å². The maximum atomic E-state index is 13.6. The van der Waals surface area contributed by atoms with Crippen molar-refractivity contribution >= 4 is 45.7 Å². The van der Waals surface area contributed by atoms with Gasteiger partial charge in [0.1, 0.15) is 23.1 Å². The Kier molecular flexibility index (Phi) is 9.63. The third-order valence-corrected chi connectivity index (χ3v) is 12.2. The summed E-state index contributed by atoms with van der Waals surface area (Å²) in [5, 5.41) is 9.64. The molecule has 3 aliphatic rings. The second-order valence-corrected chi connectivity index (χ2v) is 16.3. The Morgan fingerprint density at radius 3 is 2.56 bits per heavy atom. The Labute approximate surface area is 329 Å². The second-order valence-electron chi connectivity index (χ2n) is 16.3. The minimum absolute atomic E-state index is 0.124. The summed E-state index contributed by atoms with van der Waals surface area (Å²) < 4.78 is 12.8. The molecule has 1 aliphatic carbocycles. The van der Waals surface area contributed by atoms with E-state index in [1.54, 1.807) is 45.4 Å². The highest BCUT2D eigenvalue weighted by Gasteiger charge is 2.32. The lowest BCUT2D eigenvalue weighted by Gasteiger charge is -2.36. The molecule has 3 fully saturated rings. The van der Waals surface area contributed by atoms with Gasteiger partial charge in [0, 0.05) is 56.8 Å². The number of nitrogens with zero attached hydrogens (tertiary/aromatic N) is 8. The fourth-order valence-corrected chi connectivity index (χ4v) is 9.18. The maximum absolute atomic E-state index is 13.6. The molecule has 6 aromatic rings. The van der Waals surface area contributed by atoms with Gasteiger partial charge in [-0.15, -0.1) is 0 Å². The number of aryl methyl sites for hydroxylation is 1. The lowest BCUT2D eigenvalue weighted by Crippen LogP contribution is -2.44. The molecule has 7 heterocycles. The molecule has 296 valence electrons. The number of amides is 3. The molecule has 2 aliphatic heterocycles.